The summed E-state index contributed by atoms with van der Waals surface area (Å²) in [5.74, 6) is 0.130. The summed E-state index contributed by atoms with van der Waals surface area (Å²) in [6.07, 6.45) is 6.16. The number of likely N-dealkylation sites (N-methyl/N-ethyl adjacent to an activating group) is 1. The molecule has 19 heavy (non-hydrogen) atoms. The lowest BCUT2D eigenvalue weighted by molar-refractivity contribution is -0.122. The minimum atomic E-state index is -0.0838. The van der Waals surface area contributed by atoms with E-state index in [2.05, 4.69) is 29.4 Å². The van der Waals surface area contributed by atoms with Crippen molar-refractivity contribution in [2.45, 2.75) is 65.0 Å². The van der Waals surface area contributed by atoms with Crippen LogP contribution in [0.25, 0.3) is 0 Å². The molecule has 2 N–H and O–H groups in total. The third kappa shape index (κ3) is 6.92. The summed E-state index contributed by atoms with van der Waals surface area (Å²) in [6, 6.07) is 0.726. The zero-order chi connectivity index (χ0) is 14.1. The van der Waals surface area contributed by atoms with Gasteiger partial charge in [-0.1, -0.05) is 26.7 Å². The summed E-state index contributed by atoms with van der Waals surface area (Å²) in [7, 11) is 0. The predicted octanol–water partition coefficient (Wildman–Crippen LogP) is 1.76. The molecule has 1 fully saturated rings. The first-order chi connectivity index (χ1) is 9.19. The van der Waals surface area contributed by atoms with Crippen LogP contribution in [0.4, 0.5) is 0 Å². The highest BCUT2D eigenvalue weighted by Gasteiger charge is 2.27. The Morgan fingerprint density at radius 3 is 2.58 bits per heavy atom. The second-order valence-corrected chi connectivity index (χ2v) is 5.53. The largest absolute Gasteiger partial charge is 0.355 e. The van der Waals surface area contributed by atoms with Crippen LogP contribution in [0, 0.1) is 0 Å². The van der Waals surface area contributed by atoms with Gasteiger partial charge in [-0.2, -0.15) is 0 Å². The van der Waals surface area contributed by atoms with Crippen LogP contribution in [0.1, 0.15) is 52.9 Å². The Kier molecular flexibility index (Phi) is 8.07. The number of carbonyl (C=O) groups excluding carboxylic acids is 1. The van der Waals surface area contributed by atoms with Crippen LogP contribution >= 0.6 is 0 Å². The van der Waals surface area contributed by atoms with Gasteiger partial charge in [-0.15, -0.1) is 0 Å². The molecule has 0 saturated heterocycles. The molecule has 1 saturated carbocycles. The minimum absolute atomic E-state index is 0.0838. The van der Waals surface area contributed by atoms with Crippen molar-refractivity contribution >= 4 is 5.91 Å². The molecular formula is C15H31N3O. The van der Waals surface area contributed by atoms with Gasteiger partial charge in [0.2, 0.25) is 5.91 Å². The molecule has 0 aromatic heterocycles. The third-order valence-corrected chi connectivity index (χ3v) is 3.79. The maximum Gasteiger partial charge on any atom is 0.236 e. The topological polar surface area (TPSA) is 44.4 Å². The molecule has 1 aliphatic carbocycles. The van der Waals surface area contributed by atoms with E-state index >= 15 is 0 Å². The predicted molar refractivity (Wildman–Crippen MR) is 80.3 cm³/mol. The molecule has 1 aliphatic rings. The third-order valence-electron chi connectivity index (χ3n) is 3.79. The van der Waals surface area contributed by atoms with Crippen molar-refractivity contribution in [1.82, 2.24) is 15.5 Å². The standard InChI is InChI=1S/C15H31N3O/c1-4-6-7-10-17-15(19)13(3)16-11-12-18(5-2)14-8-9-14/h13-14,16H,4-12H2,1-3H3,(H,17,19). The zero-order valence-corrected chi connectivity index (χ0v) is 12.9. The highest BCUT2D eigenvalue weighted by Crippen LogP contribution is 2.25. The SMILES string of the molecule is CCCCCNC(=O)C(C)NCCN(CC)C1CC1. The van der Waals surface area contributed by atoms with E-state index in [4.69, 9.17) is 0 Å². The summed E-state index contributed by atoms with van der Waals surface area (Å²) in [4.78, 5) is 14.3. The highest BCUT2D eigenvalue weighted by molar-refractivity contribution is 5.81. The molecule has 1 rings (SSSR count). The van der Waals surface area contributed by atoms with E-state index in [0.29, 0.717) is 0 Å². The first-order valence-corrected chi connectivity index (χ1v) is 7.94. The Morgan fingerprint density at radius 2 is 2.00 bits per heavy atom. The molecule has 0 spiro atoms. The van der Waals surface area contributed by atoms with Crippen LogP contribution in [-0.2, 0) is 4.79 Å². The number of nitrogens with zero attached hydrogens (tertiary/aromatic N) is 1. The summed E-state index contributed by atoms with van der Waals surface area (Å²) < 4.78 is 0. The van der Waals surface area contributed by atoms with E-state index in [1.165, 1.54) is 25.7 Å². The molecule has 4 nitrogen and oxygen atoms in total. The molecule has 4 heteroatoms. The maximum atomic E-state index is 11.8. The average Bonchev–Trinajstić information content (AvgIpc) is 3.23. The van der Waals surface area contributed by atoms with Gasteiger partial charge in [-0.25, -0.2) is 0 Å². The molecule has 0 heterocycles. The van der Waals surface area contributed by atoms with Crippen LogP contribution in [0.15, 0.2) is 0 Å². The number of unbranched alkanes of at least 4 members (excludes halogenated alkanes) is 2. The normalized spacial score (nSPS) is 16.6. The van der Waals surface area contributed by atoms with Gasteiger partial charge < -0.3 is 10.6 Å². The number of carbonyl (C=O) groups is 1. The Hall–Kier alpha value is -0.610. The quantitative estimate of drug-likeness (QED) is 0.562. The molecule has 1 amide bonds. The fourth-order valence-electron chi connectivity index (χ4n) is 2.30. The Labute approximate surface area is 118 Å². The first kappa shape index (κ1) is 16.4. The van der Waals surface area contributed by atoms with Crippen molar-refractivity contribution in [2.75, 3.05) is 26.2 Å². The van der Waals surface area contributed by atoms with Gasteiger partial charge >= 0.3 is 0 Å². The first-order valence-electron chi connectivity index (χ1n) is 7.94. The molecular weight excluding hydrogens is 238 g/mol. The van der Waals surface area contributed by atoms with Gasteiger partial charge in [0.25, 0.3) is 0 Å². The van der Waals surface area contributed by atoms with Crippen LogP contribution in [0.5, 0.6) is 0 Å². The fraction of sp³-hybridized carbons (Fsp3) is 0.933. The number of amides is 1. The van der Waals surface area contributed by atoms with Crippen LogP contribution in [0.3, 0.4) is 0 Å². The number of rotatable bonds is 11. The minimum Gasteiger partial charge on any atom is -0.355 e. The lowest BCUT2D eigenvalue weighted by Gasteiger charge is -2.21. The summed E-state index contributed by atoms with van der Waals surface area (Å²) in [5.41, 5.74) is 0. The van der Waals surface area contributed by atoms with Gasteiger partial charge in [0.05, 0.1) is 6.04 Å². The Morgan fingerprint density at radius 1 is 1.26 bits per heavy atom. The Bertz CT molecular complexity index is 254. The van der Waals surface area contributed by atoms with Crippen molar-refractivity contribution < 1.29 is 4.79 Å². The smallest absolute Gasteiger partial charge is 0.236 e. The molecule has 0 bridgehead atoms. The van der Waals surface area contributed by atoms with Crippen LogP contribution in [0.2, 0.25) is 0 Å². The van der Waals surface area contributed by atoms with E-state index in [1.54, 1.807) is 0 Å². The van der Waals surface area contributed by atoms with E-state index in [9.17, 15) is 4.79 Å². The molecule has 112 valence electrons. The van der Waals surface area contributed by atoms with E-state index in [-0.39, 0.29) is 11.9 Å². The highest BCUT2D eigenvalue weighted by atomic mass is 16.2. The fourth-order valence-corrected chi connectivity index (χ4v) is 2.30. The lowest BCUT2D eigenvalue weighted by Crippen LogP contribution is -2.45. The van der Waals surface area contributed by atoms with Gasteiger partial charge in [-0.3, -0.25) is 9.69 Å². The zero-order valence-electron chi connectivity index (χ0n) is 12.9. The number of hydrogen-bond donors (Lipinski definition) is 2. The second-order valence-electron chi connectivity index (χ2n) is 5.53. The van der Waals surface area contributed by atoms with Crippen molar-refractivity contribution in [3.8, 4) is 0 Å². The van der Waals surface area contributed by atoms with E-state index in [0.717, 1.165) is 38.6 Å². The van der Waals surface area contributed by atoms with E-state index < -0.39 is 0 Å². The van der Waals surface area contributed by atoms with Crippen molar-refractivity contribution in [3.63, 3.8) is 0 Å². The van der Waals surface area contributed by atoms with Crippen LogP contribution in [-0.4, -0.2) is 49.1 Å². The van der Waals surface area contributed by atoms with Crippen LogP contribution < -0.4 is 10.6 Å². The molecule has 0 aliphatic heterocycles. The van der Waals surface area contributed by atoms with Crippen molar-refractivity contribution in [1.29, 1.82) is 0 Å². The summed E-state index contributed by atoms with van der Waals surface area (Å²) in [6.45, 7) is 10.2. The number of nitrogens with one attached hydrogen (secondary N) is 2. The molecule has 1 atom stereocenters. The maximum absolute atomic E-state index is 11.8. The summed E-state index contributed by atoms with van der Waals surface area (Å²) >= 11 is 0. The van der Waals surface area contributed by atoms with Crippen molar-refractivity contribution in [2.24, 2.45) is 0 Å². The monoisotopic (exact) mass is 269 g/mol. The van der Waals surface area contributed by atoms with E-state index in [1.807, 2.05) is 6.92 Å². The lowest BCUT2D eigenvalue weighted by atomic mass is 10.2. The molecule has 1 unspecified atom stereocenters. The average molecular weight is 269 g/mol. The summed E-state index contributed by atoms with van der Waals surface area (Å²) in [5, 5.41) is 6.31. The van der Waals surface area contributed by atoms with Crippen molar-refractivity contribution in [3.05, 3.63) is 0 Å². The van der Waals surface area contributed by atoms with Gasteiger partial charge in [0, 0.05) is 25.7 Å². The Balaban J connectivity index is 2.05. The molecule has 0 aromatic rings. The molecule has 0 aromatic carbocycles. The van der Waals surface area contributed by atoms with Gasteiger partial charge in [-0.05, 0) is 32.7 Å². The van der Waals surface area contributed by atoms with Gasteiger partial charge in [0.1, 0.15) is 0 Å². The van der Waals surface area contributed by atoms with Gasteiger partial charge in [0.15, 0.2) is 0 Å². The second kappa shape index (κ2) is 9.32. The molecule has 0 radical (unpaired) electrons. The number of hydrogen-bond acceptors (Lipinski definition) is 3.